The summed E-state index contributed by atoms with van der Waals surface area (Å²) in [5, 5.41) is 3.52. The van der Waals surface area contributed by atoms with Crippen molar-refractivity contribution in [3.05, 3.63) is 0 Å². The summed E-state index contributed by atoms with van der Waals surface area (Å²) in [5.41, 5.74) is 0.465. The second-order valence-corrected chi connectivity index (χ2v) is 4.74. The molecular weight excluding hydrogens is 162 g/mol. The number of methoxy groups -OCH3 is 1. The van der Waals surface area contributed by atoms with Gasteiger partial charge in [-0.3, -0.25) is 0 Å². The van der Waals surface area contributed by atoms with Crippen molar-refractivity contribution in [2.45, 2.75) is 38.7 Å². The van der Waals surface area contributed by atoms with Crippen molar-refractivity contribution in [1.29, 1.82) is 0 Å². The molecule has 76 valence electrons. The van der Waals surface area contributed by atoms with Crippen LogP contribution in [0.2, 0.25) is 0 Å². The topological polar surface area (TPSA) is 21.3 Å². The fraction of sp³-hybridized carbons (Fsp3) is 1.00. The van der Waals surface area contributed by atoms with E-state index in [1.54, 1.807) is 0 Å². The highest BCUT2D eigenvalue weighted by Crippen LogP contribution is 2.45. The van der Waals surface area contributed by atoms with E-state index in [2.05, 4.69) is 12.2 Å². The van der Waals surface area contributed by atoms with Crippen LogP contribution in [0.3, 0.4) is 0 Å². The quantitative estimate of drug-likeness (QED) is 0.669. The second kappa shape index (κ2) is 3.58. The number of nitrogens with one attached hydrogen (secondary N) is 1. The Morgan fingerprint density at radius 3 is 2.85 bits per heavy atom. The van der Waals surface area contributed by atoms with Crippen LogP contribution in [0.4, 0.5) is 0 Å². The molecule has 3 atom stereocenters. The van der Waals surface area contributed by atoms with Crippen molar-refractivity contribution in [3.63, 3.8) is 0 Å². The molecule has 0 bridgehead atoms. The predicted octanol–water partition coefficient (Wildman–Crippen LogP) is 1.80. The molecule has 2 aliphatic rings. The third kappa shape index (κ3) is 1.40. The third-order valence-corrected chi connectivity index (χ3v) is 4.17. The molecule has 0 amide bonds. The van der Waals surface area contributed by atoms with Gasteiger partial charge in [0, 0.05) is 19.1 Å². The smallest absolute Gasteiger partial charge is 0.0642 e. The molecule has 1 spiro atoms. The lowest BCUT2D eigenvalue weighted by Crippen LogP contribution is -2.44. The molecule has 1 aliphatic heterocycles. The summed E-state index contributed by atoms with van der Waals surface area (Å²) in [6, 6.07) is 0. The first-order valence-corrected chi connectivity index (χ1v) is 5.53. The van der Waals surface area contributed by atoms with E-state index >= 15 is 0 Å². The van der Waals surface area contributed by atoms with Gasteiger partial charge in [-0.1, -0.05) is 19.8 Å². The minimum atomic E-state index is 0.465. The zero-order chi connectivity index (χ0) is 9.31. The van der Waals surface area contributed by atoms with Gasteiger partial charge < -0.3 is 10.1 Å². The molecule has 2 nitrogen and oxygen atoms in total. The monoisotopic (exact) mass is 183 g/mol. The van der Waals surface area contributed by atoms with Crippen LogP contribution >= 0.6 is 0 Å². The molecule has 1 saturated heterocycles. The minimum absolute atomic E-state index is 0.465. The van der Waals surface area contributed by atoms with E-state index in [0.29, 0.717) is 11.5 Å². The summed E-state index contributed by atoms with van der Waals surface area (Å²) < 4.78 is 5.66. The Balaban J connectivity index is 2.15. The Bertz CT molecular complexity index is 183. The van der Waals surface area contributed by atoms with Crippen molar-refractivity contribution in [2.24, 2.45) is 11.3 Å². The highest BCUT2D eigenvalue weighted by molar-refractivity contribution is 5.00. The fourth-order valence-electron chi connectivity index (χ4n) is 3.25. The molecule has 13 heavy (non-hydrogen) atoms. The van der Waals surface area contributed by atoms with Gasteiger partial charge in [0.05, 0.1) is 6.10 Å². The van der Waals surface area contributed by atoms with Gasteiger partial charge in [0.2, 0.25) is 0 Å². The van der Waals surface area contributed by atoms with E-state index < -0.39 is 0 Å². The Hall–Kier alpha value is -0.0800. The Kier molecular flexibility index (Phi) is 2.61. The maximum atomic E-state index is 5.66. The number of hydrogen-bond acceptors (Lipinski definition) is 2. The van der Waals surface area contributed by atoms with E-state index in [1.807, 2.05) is 7.11 Å². The van der Waals surface area contributed by atoms with Crippen LogP contribution in [0.1, 0.15) is 32.6 Å². The van der Waals surface area contributed by atoms with Gasteiger partial charge in [0.25, 0.3) is 0 Å². The molecule has 2 fully saturated rings. The maximum absolute atomic E-state index is 5.66. The molecule has 2 rings (SSSR count). The zero-order valence-electron chi connectivity index (χ0n) is 8.81. The zero-order valence-corrected chi connectivity index (χ0v) is 8.81. The molecule has 0 radical (unpaired) electrons. The predicted molar refractivity (Wildman–Crippen MR) is 53.7 cm³/mol. The number of ether oxygens (including phenoxy) is 1. The van der Waals surface area contributed by atoms with Gasteiger partial charge >= 0.3 is 0 Å². The van der Waals surface area contributed by atoms with Crippen LogP contribution in [0.15, 0.2) is 0 Å². The largest absolute Gasteiger partial charge is 0.381 e. The highest BCUT2D eigenvalue weighted by Gasteiger charge is 2.47. The van der Waals surface area contributed by atoms with Crippen LogP contribution in [0.25, 0.3) is 0 Å². The fourth-order valence-corrected chi connectivity index (χ4v) is 3.25. The normalized spacial score (nSPS) is 45.7. The van der Waals surface area contributed by atoms with Crippen molar-refractivity contribution < 1.29 is 4.74 Å². The van der Waals surface area contributed by atoms with E-state index in [0.717, 1.165) is 5.92 Å². The maximum Gasteiger partial charge on any atom is 0.0642 e. The SMILES string of the molecule is COC1CCCCC12CNCC2C. The summed E-state index contributed by atoms with van der Waals surface area (Å²) >= 11 is 0. The van der Waals surface area contributed by atoms with Crippen molar-refractivity contribution >= 4 is 0 Å². The van der Waals surface area contributed by atoms with Gasteiger partial charge in [0.15, 0.2) is 0 Å². The van der Waals surface area contributed by atoms with Gasteiger partial charge in [-0.2, -0.15) is 0 Å². The molecular formula is C11H21NO. The van der Waals surface area contributed by atoms with Crippen LogP contribution in [0, 0.1) is 11.3 Å². The highest BCUT2D eigenvalue weighted by atomic mass is 16.5. The first-order valence-electron chi connectivity index (χ1n) is 5.53. The van der Waals surface area contributed by atoms with Crippen LogP contribution in [-0.4, -0.2) is 26.3 Å². The van der Waals surface area contributed by atoms with E-state index in [9.17, 15) is 0 Å². The average Bonchev–Trinajstić information content (AvgIpc) is 2.50. The van der Waals surface area contributed by atoms with Crippen LogP contribution in [-0.2, 0) is 4.74 Å². The summed E-state index contributed by atoms with van der Waals surface area (Å²) in [5.74, 6) is 0.790. The van der Waals surface area contributed by atoms with Crippen molar-refractivity contribution in [1.82, 2.24) is 5.32 Å². The average molecular weight is 183 g/mol. The molecule has 0 aromatic carbocycles. The first-order chi connectivity index (χ1) is 6.29. The Morgan fingerprint density at radius 2 is 2.23 bits per heavy atom. The Morgan fingerprint density at radius 1 is 1.38 bits per heavy atom. The molecule has 1 heterocycles. The molecule has 1 saturated carbocycles. The molecule has 0 aromatic heterocycles. The molecule has 1 aliphatic carbocycles. The summed E-state index contributed by atoms with van der Waals surface area (Å²) in [6.07, 6.45) is 5.88. The van der Waals surface area contributed by atoms with Gasteiger partial charge in [-0.25, -0.2) is 0 Å². The minimum Gasteiger partial charge on any atom is -0.381 e. The lowest BCUT2D eigenvalue weighted by Gasteiger charge is -2.43. The molecule has 2 heteroatoms. The molecule has 3 unspecified atom stereocenters. The van der Waals surface area contributed by atoms with Gasteiger partial charge in [0.1, 0.15) is 0 Å². The summed E-state index contributed by atoms with van der Waals surface area (Å²) in [6.45, 7) is 4.73. The molecule has 1 N–H and O–H groups in total. The number of rotatable bonds is 1. The lowest BCUT2D eigenvalue weighted by molar-refractivity contribution is -0.0523. The van der Waals surface area contributed by atoms with E-state index in [4.69, 9.17) is 4.74 Å². The van der Waals surface area contributed by atoms with Crippen LogP contribution in [0.5, 0.6) is 0 Å². The summed E-state index contributed by atoms with van der Waals surface area (Å²) in [7, 11) is 1.88. The summed E-state index contributed by atoms with van der Waals surface area (Å²) in [4.78, 5) is 0. The Labute approximate surface area is 81.0 Å². The first kappa shape index (κ1) is 9.47. The van der Waals surface area contributed by atoms with Gasteiger partial charge in [-0.15, -0.1) is 0 Å². The van der Waals surface area contributed by atoms with Crippen molar-refractivity contribution in [2.75, 3.05) is 20.2 Å². The molecule has 0 aromatic rings. The van der Waals surface area contributed by atoms with Gasteiger partial charge in [-0.05, 0) is 25.3 Å². The third-order valence-electron chi connectivity index (χ3n) is 4.17. The van der Waals surface area contributed by atoms with Crippen molar-refractivity contribution in [3.8, 4) is 0 Å². The van der Waals surface area contributed by atoms with E-state index in [-0.39, 0.29) is 0 Å². The van der Waals surface area contributed by atoms with E-state index in [1.165, 1.54) is 38.8 Å². The number of hydrogen-bond donors (Lipinski definition) is 1. The second-order valence-electron chi connectivity index (χ2n) is 4.74. The standard InChI is InChI=1S/C11H21NO/c1-9-7-12-8-11(9)6-4-3-5-10(11)13-2/h9-10,12H,3-8H2,1-2H3. The van der Waals surface area contributed by atoms with Crippen LogP contribution < -0.4 is 5.32 Å². The lowest BCUT2D eigenvalue weighted by atomic mass is 9.66.